The van der Waals surface area contributed by atoms with Crippen LogP contribution < -0.4 is 15.5 Å². The summed E-state index contributed by atoms with van der Waals surface area (Å²) >= 11 is 0. The highest BCUT2D eigenvalue weighted by atomic mass is 32.2. The molecule has 2 aromatic rings. The van der Waals surface area contributed by atoms with E-state index in [1.165, 1.54) is 5.56 Å². The Morgan fingerprint density at radius 2 is 1.83 bits per heavy atom. The topological polar surface area (TPSA) is 61.4 Å². The van der Waals surface area contributed by atoms with Crippen LogP contribution in [0.2, 0.25) is 0 Å². The monoisotopic (exact) mass is 343 g/mol. The molecule has 2 aliphatic rings. The first-order valence-corrected chi connectivity index (χ1v) is 9.84. The Labute approximate surface area is 142 Å². The number of anilines is 2. The molecule has 0 bridgehead atoms. The van der Waals surface area contributed by atoms with Gasteiger partial charge in [0.05, 0.1) is 4.90 Å². The van der Waals surface area contributed by atoms with Crippen LogP contribution in [-0.2, 0) is 16.3 Å². The van der Waals surface area contributed by atoms with Gasteiger partial charge < -0.3 is 15.5 Å². The molecule has 0 aromatic heterocycles. The van der Waals surface area contributed by atoms with Crippen molar-refractivity contribution in [1.29, 1.82) is 0 Å². The van der Waals surface area contributed by atoms with E-state index in [0.717, 1.165) is 30.9 Å². The molecule has 1 fully saturated rings. The Balaban J connectivity index is 1.76. The van der Waals surface area contributed by atoms with Crippen LogP contribution in [0, 0.1) is 0 Å². The van der Waals surface area contributed by atoms with Crippen molar-refractivity contribution >= 4 is 21.2 Å². The summed E-state index contributed by atoms with van der Waals surface area (Å²) < 4.78 is 26.3. The van der Waals surface area contributed by atoms with Crippen molar-refractivity contribution in [1.82, 2.24) is 5.32 Å². The van der Waals surface area contributed by atoms with Gasteiger partial charge in [-0.3, -0.25) is 0 Å². The molecule has 2 aliphatic heterocycles. The van der Waals surface area contributed by atoms with Gasteiger partial charge in [0.2, 0.25) is 9.84 Å². The van der Waals surface area contributed by atoms with Crippen LogP contribution in [0.25, 0.3) is 0 Å². The third-order valence-electron chi connectivity index (χ3n) is 4.78. The van der Waals surface area contributed by atoms with E-state index in [1.807, 2.05) is 18.2 Å². The molecular weight excluding hydrogens is 322 g/mol. The van der Waals surface area contributed by atoms with Crippen LogP contribution in [-0.4, -0.2) is 40.0 Å². The molecule has 0 spiro atoms. The maximum Gasteiger partial charge on any atom is 0.200 e. The van der Waals surface area contributed by atoms with Crippen LogP contribution in [0.1, 0.15) is 5.56 Å². The fourth-order valence-corrected chi connectivity index (χ4v) is 5.34. The van der Waals surface area contributed by atoms with Crippen molar-refractivity contribution in [2.75, 3.05) is 36.4 Å². The van der Waals surface area contributed by atoms with Crippen molar-refractivity contribution in [2.45, 2.75) is 16.7 Å². The minimum Gasteiger partial charge on any atom is -0.384 e. The lowest BCUT2D eigenvalue weighted by molar-refractivity contribution is 0.518. The van der Waals surface area contributed by atoms with E-state index in [1.54, 1.807) is 24.3 Å². The summed E-state index contributed by atoms with van der Waals surface area (Å²) in [6.45, 7) is 2.83. The summed E-state index contributed by atoms with van der Waals surface area (Å²) in [5, 5.41) is 6.03. The Bertz CT molecular complexity index is 837. The number of hydrogen-bond acceptors (Lipinski definition) is 5. The lowest BCUT2D eigenvalue weighted by atomic mass is 10.1. The smallest absolute Gasteiger partial charge is 0.200 e. The van der Waals surface area contributed by atoms with E-state index in [9.17, 15) is 8.42 Å². The molecule has 1 saturated heterocycles. The highest BCUT2D eigenvalue weighted by molar-refractivity contribution is 7.92. The van der Waals surface area contributed by atoms with E-state index in [-0.39, 0.29) is 0 Å². The van der Waals surface area contributed by atoms with Crippen molar-refractivity contribution in [2.24, 2.45) is 0 Å². The van der Waals surface area contributed by atoms with Gasteiger partial charge in [0, 0.05) is 43.1 Å². The molecule has 6 heteroatoms. The maximum atomic E-state index is 13.2. The summed E-state index contributed by atoms with van der Waals surface area (Å²) in [4.78, 5) is 2.44. The molecular formula is C18H21N3O2S. The first-order valence-electron chi connectivity index (χ1n) is 8.30. The molecule has 0 amide bonds. The molecule has 4 rings (SSSR count). The van der Waals surface area contributed by atoms with Crippen LogP contribution in [0.4, 0.5) is 11.4 Å². The lowest BCUT2D eigenvalue weighted by Gasteiger charge is -2.38. The molecule has 24 heavy (non-hydrogen) atoms. The highest BCUT2D eigenvalue weighted by Crippen LogP contribution is 2.34. The molecule has 1 atom stereocenters. The molecule has 0 aliphatic carbocycles. The maximum absolute atomic E-state index is 13.2. The highest BCUT2D eigenvalue weighted by Gasteiger charge is 2.36. The molecule has 0 saturated carbocycles. The molecule has 2 heterocycles. The van der Waals surface area contributed by atoms with Crippen LogP contribution >= 0.6 is 0 Å². The first kappa shape index (κ1) is 15.5. The van der Waals surface area contributed by atoms with E-state index in [2.05, 4.69) is 21.6 Å². The molecule has 0 radical (unpaired) electrons. The number of fused-ring (bicyclic) bond motifs is 1. The predicted molar refractivity (Wildman–Crippen MR) is 96.3 cm³/mol. The second-order valence-electron chi connectivity index (χ2n) is 6.19. The number of sulfone groups is 1. The molecule has 2 aromatic carbocycles. The van der Waals surface area contributed by atoms with E-state index >= 15 is 0 Å². The van der Waals surface area contributed by atoms with Gasteiger partial charge in [0.15, 0.2) is 0 Å². The fourth-order valence-electron chi connectivity index (χ4n) is 3.59. The number of piperazine rings is 1. The van der Waals surface area contributed by atoms with Gasteiger partial charge in [-0.05, 0) is 30.7 Å². The SMILES string of the molecule is O=S(=O)(c1ccccc1)C1CNCCN1c1cccc2c1CCN2. The zero-order valence-electron chi connectivity index (χ0n) is 13.4. The van der Waals surface area contributed by atoms with Crippen molar-refractivity contribution in [3.63, 3.8) is 0 Å². The Morgan fingerprint density at radius 3 is 2.67 bits per heavy atom. The molecule has 2 N–H and O–H groups in total. The van der Waals surface area contributed by atoms with Crippen molar-refractivity contribution < 1.29 is 8.42 Å². The fraction of sp³-hybridized carbons (Fsp3) is 0.333. The number of hydrogen-bond donors (Lipinski definition) is 2. The number of rotatable bonds is 3. The Kier molecular flexibility index (Phi) is 3.94. The van der Waals surface area contributed by atoms with Gasteiger partial charge in [-0.2, -0.15) is 0 Å². The Morgan fingerprint density at radius 1 is 1.00 bits per heavy atom. The standard InChI is InChI=1S/C18H21N3O2S/c22-24(23,14-5-2-1-3-6-14)18-13-19-11-12-21(18)17-8-4-7-16-15(17)9-10-20-16/h1-8,18-20H,9-13H2. The minimum atomic E-state index is -3.43. The predicted octanol–water partition coefficient (Wildman–Crippen LogP) is 1.86. The summed E-state index contributed by atoms with van der Waals surface area (Å²) in [5.74, 6) is 0. The quantitative estimate of drug-likeness (QED) is 0.891. The normalized spacial score (nSPS) is 20.5. The number of benzene rings is 2. The summed E-state index contributed by atoms with van der Waals surface area (Å²) in [6.07, 6.45) is 0.938. The second-order valence-corrected chi connectivity index (χ2v) is 8.30. The Hall–Kier alpha value is -2.05. The van der Waals surface area contributed by atoms with Crippen molar-refractivity contribution in [3.05, 3.63) is 54.1 Å². The van der Waals surface area contributed by atoms with Gasteiger partial charge >= 0.3 is 0 Å². The summed E-state index contributed by atoms with van der Waals surface area (Å²) in [5.41, 5.74) is 3.40. The summed E-state index contributed by atoms with van der Waals surface area (Å²) in [6, 6.07) is 14.9. The van der Waals surface area contributed by atoms with Crippen LogP contribution in [0.5, 0.6) is 0 Å². The first-order chi connectivity index (χ1) is 11.7. The van der Waals surface area contributed by atoms with E-state index in [0.29, 0.717) is 18.0 Å². The number of nitrogens with one attached hydrogen (secondary N) is 2. The lowest BCUT2D eigenvalue weighted by Crippen LogP contribution is -2.55. The van der Waals surface area contributed by atoms with Gasteiger partial charge in [0.1, 0.15) is 5.37 Å². The van der Waals surface area contributed by atoms with Gasteiger partial charge in [-0.25, -0.2) is 8.42 Å². The van der Waals surface area contributed by atoms with Gasteiger partial charge in [0.25, 0.3) is 0 Å². The molecule has 1 unspecified atom stereocenters. The average molecular weight is 343 g/mol. The van der Waals surface area contributed by atoms with Gasteiger partial charge in [-0.15, -0.1) is 0 Å². The zero-order chi connectivity index (χ0) is 16.6. The zero-order valence-corrected chi connectivity index (χ0v) is 14.2. The van der Waals surface area contributed by atoms with Gasteiger partial charge in [-0.1, -0.05) is 24.3 Å². The van der Waals surface area contributed by atoms with E-state index < -0.39 is 15.2 Å². The van der Waals surface area contributed by atoms with Crippen molar-refractivity contribution in [3.8, 4) is 0 Å². The minimum absolute atomic E-state index is 0.384. The molecule has 5 nitrogen and oxygen atoms in total. The number of nitrogens with zero attached hydrogens (tertiary/aromatic N) is 1. The van der Waals surface area contributed by atoms with Crippen LogP contribution in [0.15, 0.2) is 53.4 Å². The third kappa shape index (κ3) is 2.56. The average Bonchev–Trinajstić information content (AvgIpc) is 3.11. The summed E-state index contributed by atoms with van der Waals surface area (Å²) in [7, 11) is -3.43. The second kappa shape index (κ2) is 6.11. The van der Waals surface area contributed by atoms with Crippen LogP contribution in [0.3, 0.4) is 0 Å². The third-order valence-corrected chi connectivity index (χ3v) is 6.84. The molecule has 126 valence electrons. The largest absolute Gasteiger partial charge is 0.384 e. The van der Waals surface area contributed by atoms with E-state index in [4.69, 9.17) is 0 Å².